The van der Waals surface area contributed by atoms with Gasteiger partial charge in [0.25, 0.3) is 0 Å². The average Bonchev–Trinajstić information content (AvgIpc) is 1.96. The molecule has 1 heterocycles. The van der Waals surface area contributed by atoms with Crippen molar-refractivity contribution >= 4 is 11.6 Å². The van der Waals surface area contributed by atoms with Crippen LogP contribution in [0.1, 0.15) is 25.6 Å². The molecule has 0 aliphatic rings. The zero-order valence-electron chi connectivity index (χ0n) is 7.44. The van der Waals surface area contributed by atoms with E-state index in [1.54, 1.807) is 6.07 Å². The lowest BCUT2D eigenvalue weighted by molar-refractivity contribution is -0.723. The van der Waals surface area contributed by atoms with Crippen molar-refractivity contribution in [2.24, 2.45) is 0 Å². The molecule has 0 radical (unpaired) electrons. The Morgan fingerprint density at radius 1 is 1.50 bits per heavy atom. The molecule has 1 aromatic heterocycles. The summed E-state index contributed by atoms with van der Waals surface area (Å²) >= 11 is 5.60. The molecule has 12 heavy (non-hydrogen) atoms. The number of aryl methyl sites for hydroxylation is 1. The lowest BCUT2D eigenvalue weighted by Crippen LogP contribution is -2.39. The van der Waals surface area contributed by atoms with E-state index in [-0.39, 0.29) is 16.9 Å². The summed E-state index contributed by atoms with van der Waals surface area (Å²) in [7, 11) is 0. The standard InChI is InChI=1S/C9H12ClFN/c1-6(2)12-5-9(11)8(10)4-7(12)3/h4-6H,1-3H3/q+1. The van der Waals surface area contributed by atoms with E-state index >= 15 is 0 Å². The van der Waals surface area contributed by atoms with Gasteiger partial charge in [0.2, 0.25) is 12.0 Å². The highest BCUT2D eigenvalue weighted by Gasteiger charge is 2.14. The molecule has 0 aromatic carbocycles. The Morgan fingerprint density at radius 2 is 2.08 bits per heavy atom. The van der Waals surface area contributed by atoms with Gasteiger partial charge in [0.05, 0.1) is 5.02 Å². The van der Waals surface area contributed by atoms with Crippen LogP contribution in [-0.2, 0) is 0 Å². The van der Waals surface area contributed by atoms with E-state index in [4.69, 9.17) is 11.6 Å². The molecule has 0 atom stereocenters. The first-order valence-electron chi connectivity index (χ1n) is 3.89. The number of nitrogens with zero attached hydrogens (tertiary/aromatic N) is 1. The Bertz CT molecular complexity index is 297. The van der Waals surface area contributed by atoms with Crippen LogP contribution in [0.5, 0.6) is 0 Å². The van der Waals surface area contributed by atoms with Crippen LogP contribution in [0.3, 0.4) is 0 Å². The average molecular weight is 189 g/mol. The van der Waals surface area contributed by atoms with E-state index < -0.39 is 0 Å². The minimum absolute atomic E-state index is 0.185. The molecular weight excluding hydrogens is 177 g/mol. The summed E-state index contributed by atoms with van der Waals surface area (Å²) in [6.45, 7) is 5.91. The van der Waals surface area contributed by atoms with E-state index in [1.807, 2.05) is 25.3 Å². The molecule has 0 aliphatic carbocycles. The fourth-order valence-corrected chi connectivity index (χ4v) is 1.38. The molecule has 66 valence electrons. The van der Waals surface area contributed by atoms with Crippen LogP contribution in [0, 0.1) is 12.7 Å². The summed E-state index contributed by atoms with van der Waals surface area (Å²) in [5.74, 6) is -0.365. The molecule has 0 spiro atoms. The predicted octanol–water partition coefficient (Wildman–Crippen LogP) is 2.66. The van der Waals surface area contributed by atoms with Crippen molar-refractivity contribution in [2.75, 3.05) is 0 Å². The fraction of sp³-hybridized carbons (Fsp3) is 0.444. The zero-order chi connectivity index (χ0) is 9.30. The zero-order valence-corrected chi connectivity index (χ0v) is 8.19. The Kier molecular flexibility index (Phi) is 2.68. The quantitative estimate of drug-likeness (QED) is 0.597. The molecule has 0 N–H and O–H groups in total. The molecule has 0 unspecified atom stereocenters. The molecule has 1 rings (SSSR count). The smallest absolute Gasteiger partial charge is 0.199 e. The molecule has 1 nitrogen and oxygen atoms in total. The SMILES string of the molecule is Cc1cc(Cl)c(F)c[n+]1C(C)C. The Balaban J connectivity index is 3.23. The van der Waals surface area contributed by atoms with Crippen molar-refractivity contribution in [1.29, 1.82) is 0 Å². The second-order valence-electron chi connectivity index (χ2n) is 3.11. The number of halogens is 2. The lowest BCUT2D eigenvalue weighted by Gasteiger charge is -2.04. The van der Waals surface area contributed by atoms with Gasteiger partial charge < -0.3 is 0 Å². The number of pyridine rings is 1. The van der Waals surface area contributed by atoms with E-state index in [0.717, 1.165) is 5.69 Å². The van der Waals surface area contributed by atoms with Gasteiger partial charge in [0, 0.05) is 13.0 Å². The predicted molar refractivity (Wildman–Crippen MR) is 46.7 cm³/mol. The third kappa shape index (κ3) is 1.75. The fourth-order valence-electron chi connectivity index (χ4n) is 1.17. The molecule has 0 bridgehead atoms. The first-order chi connectivity index (χ1) is 5.52. The van der Waals surface area contributed by atoms with Crippen LogP contribution in [-0.4, -0.2) is 0 Å². The maximum absolute atomic E-state index is 13.0. The first kappa shape index (κ1) is 9.46. The monoisotopic (exact) mass is 188 g/mol. The number of aromatic nitrogens is 1. The second kappa shape index (κ2) is 3.40. The van der Waals surface area contributed by atoms with Crippen LogP contribution in [0.15, 0.2) is 12.3 Å². The van der Waals surface area contributed by atoms with Gasteiger partial charge in [0.1, 0.15) is 0 Å². The summed E-state index contributed by atoms with van der Waals surface area (Å²) < 4.78 is 14.8. The molecule has 3 heteroatoms. The Hall–Kier alpha value is -0.630. The summed E-state index contributed by atoms with van der Waals surface area (Å²) in [6.07, 6.45) is 1.43. The number of hydrogen-bond donors (Lipinski definition) is 0. The second-order valence-corrected chi connectivity index (χ2v) is 3.52. The van der Waals surface area contributed by atoms with Gasteiger partial charge in [0.15, 0.2) is 11.7 Å². The van der Waals surface area contributed by atoms with E-state index in [2.05, 4.69) is 0 Å². The molecule has 0 saturated carbocycles. The van der Waals surface area contributed by atoms with Gasteiger partial charge in [-0.05, 0) is 13.8 Å². The minimum atomic E-state index is -0.365. The largest absolute Gasteiger partial charge is 0.206 e. The van der Waals surface area contributed by atoms with Crippen molar-refractivity contribution in [3.63, 3.8) is 0 Å². The molecule has 0 amide bonds. The topological polar surface area (TPSA) is 3.88 Å². The minimum Gasteiger partial charge on any atom is -0.199 e. The summed E-state index contributed by atoms with van der Waals surface area (Å²) in [4.78, 5) is 0. The summed E-state index contributed by atoms with van der Waals surface area (Å²) in [5, 5.41) is 0.185. The molecule has 0 aliphatic heterocycles. The van der Waals surface area contributed by atoms with E-state index in [0.29, 0.717) is 0 Å². The van der Waals surface area contributed by atoms with Crippen LogP contribution in [0.2, 0.25) is 5.02 Å². The van der Waals surface area contributed by atoms with Gasteiger partial charge in [-0.2, -0.15) is 8.96 Å². The van der Waals surface area contributed by atoms with Crippen LogP contribution < -0.4 is 4.57 Å². The van der Waals surface area contributed by atoms with Crippen molar-refractivity contribution in [3.8, 4) is 0 Å². The van der Waals surface area contributed by atoms with Crippen LogP contribution in [0.25, 0.3) is 0 Å². The van der Waals surface area contributed by atoms with E-state index in [1.165, 1.54) is 6.20 Å². The maximum Gasteiger partial charge on any atom is 0.206 e. The lowest BCUT2D eigenvalue weighted by atomic mass is 10.3. The maximum atomic E-state index is 13.0. The molecule has 1 aromatic rings. The highest BCUT2D eigenvalue weighted by molar-refractivity contribution is 6.30. The van der Waals surface area contributed by atoms with Crippen molar-refractivity contribution in [2.45, 2.75) is 26.8 Å². The van der Waals surface area contributed by atoms with Gasteiger partial charge >= 0.3 is 0 Å². The molecule has 0 fully saturated rings. The van der Waals surface area contributed by atoms with Crippen LogP contribution in [0.4, 0.5) is 4.39 Å². The first-order valence-corrected chi connectivity index (χ1v) is 4.27. The van der Waals surface area contributed by atoms with Crippen molar-refractivity contribution in [3.05, 3.63) is 28.8 Å². The van der Waals surface area contributed by atoms with Crippen molar-refractivity contribution < 1.29 is 8.96 Å². The Labute approximate surface area is 76.8 Å². The molecular formula is C9H12ClFN+. The third-order valence-corrected chi connectivity index (χ3v) is 2.07. The Morgan fingerprint density at radius 3 is 2.58 bits per heavy atom. The van der Waals surface area contributed by atoms with Gasteiger partial charge in [-0.3, -0.25) is 0 Å². The van der Waals surface area contributed by atoms with E-state index in [9.17, 15) is 4.39 Å². The van der Waals surface area contributed by atoms with Crippen molar-refractivity contribution in [1.82, 2.24) is 0 Å². The number of rotatable bonds is 1. The van der Waals surface area contributed by atoms with Crippen LogP contribution >= 0.6 is 11.6 Å². The normalized spacial score (nSPS) is 10.8. The highest BCUT2D eigenvalue weighted by Crippen LogP contribution is 2.13. The third-order valence-electron chi connectivity index (χ3n) is 1.78. The summed E-state index contributed by atoms with van der Waals surface area (Å²) in [5.41, 5.74) is 0.969. The van der Waals surface area contributed by atoms with Gasteiger partial charge in [-0.1, -0.05) is 11.6 Å². The van der Waals surface area contributed by atoms with Gasteiger partial charge in [-0.15, -0.1) is 0 Å². The summed E-state index contributed by atoms with van der Waals surface area (Å²) in [6, 6.07) is 1.90. The molecule has 0 saturated heterocycles. The van der Waals surface area contributed by atoms with Gasteiger partial charge in [-0.25, -0.2) is 0 Å². The number of hydrogen-bond acceptors (Lipinski definition) is 0. The highest BCUT2D eigenvalue weighted by atomic mass is 35.5.